The van der Waals surface area contributed by atoms with Gasteiger partial charge in [0, 0.05) is 24.4 Å². The molecule has 1 fully saturated rings. The Labute approximate surface area is 106 Å². The molecule has 1 aliphatic heterocycles. The number of nitrogens with one attached hydrogen (secondary N) is 1. The third-order valence-corrected chi connectivity index (χ3v) is 3.36. The van der Waals surface area contributed by atoms with E-state index in [1.165, 1.54) is 19.2 Å². The van der Waals surface area contributed by atoms with Gasteiger partial charge < -0.3 is 10.1 Å². The molecule has 1 aromatic carbocycles. The number of Topliss-reactive ketones (excluding diaryl/α,β-unsaturated/α-hetero) is 1. The molecule has 1 atom stereocenters. The summed E-state index contributed by atoms with van der Waals surface area (Å²) >= 11 is 0. The molecule has 18 heavy (non-hydrogen) atoms. The highest BCUT2D eigenvalue weighted by Gasteiger charge is 2.22. The highest BCUT2D eigenvalue weighted by molar-refractivity contribution is 5.84. The van der Waals surface area contributed by atoms with Crippen LogP contribution in [0.5, 0.6) is 5.75 Å². The number of carbonyl (C=O) groups is 1. The summed E-state index contributed by atoms with van der Waals surface area (Å²) in [6, 6.07) is 4.29. The normalized spacial score (nSPS) is 19.6. The van der Waals surface area contributed by atoms with Crippen molar-refractivity contribution in [2.45, 2.75) is 19.3 Å². The molecule has 1 N–H and O–H groups in total. The smallest absolute Gasteiger partial charge is 0.141 e. The predicted molar refractivity (Wildman–Crippen MR) is 67.3 cm³/mol. The van der Waals surface area contributed by atoms with Crippen molar-refractivity contribution >= 4 is 5.78 Å². The monoisotopic (exact) mass is 251 g/mol. The third-order valence-electron chi connectivity index (χ3n) is 3.36. The average Bonchev–Trinajstić information content (AvgIpc) is 2.40. The van der Waals surface area contributed by atoms with E-state index in [1.807, 2.05) is 0 Å². The van der Waals surface area contributed by atoms with E-state index in [-0.39, 0.29) is 23.9 Å². The molecular weight excluding hydrogens is 233 g/mol. The summed E-state index contributed by atoms with van der Waals surface area (Å²) in [7, 11) is 1.53. The first-order valence-electron chi connectivity index (χ1n) is 6.26. The number of benzene rings is 1. The number of hydrogen-bond acceptors (Lipinski definition) is 3. The largest absolute Gasteiger partial charge is 0.496 e. The lowest BCUT2D eigenvalue weighted by molar-refractivity contribution is -0.122. The first-order valence-corrected chi connectivity index (χ1v) is 6.26. The lowest BCUT2D eigenvalue weighted by Gasteiger charge is -2.21. The van der Waals surface area contributed by atoms with Crippen molar-refractivity contribution in [3.63, 3.8) is 0 Å². The summed E-state index contributed by atoms with van der Waals surface area (Å²) in [5, 5.41) is 3.22. The maximum atomic E-state index is 13.2. The summed E-state index contributed by atoms with van der Waals surface area (Å²) in [6.07, 6.45) is 2.19. The fraction of sp³-hybridized carbons (Fsp3) is 0.500. The van der Waals surface area contributed by atoms with Gasteiger partial charge in [-0.2, -0.15) is 0 Å². The molecule has 2 rings (SSSR count). The fourth-order valence-corrected chi connectivity index (χ4v) is 2.34. The average molecular weight is 251 g/mol. The van der Waals surface area contributed by atoms with Crippen LogP contribution in [-0.2, 0) is 11.2 Å². The number of ether oxygens (including phenoxy) is 1. The van der Waals surface area contributed by atoms with Crippen LogP contribution >= 0.6 is 0 Å². The van der Waals surface area contributed by atoms with Gasteiger partial charge in [0.05, 0.1) is 7.11 Å². The summed E-state index contributed by atoms with van der Waals surface area (Å²) in [6.45, 7) is 1.71. The van der Waals surface area contributed by atoms with Crippen LogP contribution in [0.2, 0.25) is 0 Å². The van der Waals surface area contributed by atoms with Gasteiger partial charge in [-0.05, 0) is 37.6 Å². The number of hydrogen-bond donors (Lipinski definition) is 1. The molecule has 98 valence electrons. The van der Waals surface area contributed by atoms with Gasteiger partial charge in [0.2, 0.25) is 0 Å². The van der Waals surface area contributed by atoms with Crippen LogP contribution in [0.25, 0.3) is 0 Å². The second-order valence-electron chi connectivity index (χ2n) is 4.64. The van der Waals surface area contributed by atoms with Crippen LogP contribution in [0.1, 0.15) is 18.4 Å². The zero-order valence-electron chi connectivity index (χ0n) is 10.5. The van der Waals surface area contributed by atoms with Crippen LogP contribution in [0.4, 0.5) is 4.39 Å². The standard InChI is InChI=1S/C14H18FNO2/c1-18-14-5-4-12(15)7-11(14)8-13(17)10-3-2-6-16-9-10/h4-5,7,10,16H,2-3,6,8-9H2,1H3. The van der Waals surface area contributed by atoms with E-state index in [9.17, 15) is 9.18 Å². The number of piperidine rings is 1. The van der Waals surface area contributed by atoms with Crippen molar-refractivity contribution in [1.29, 1.82) is 0 Å². The van der Waals surface area contributed by atoms with E-state index < -0.39 is 0 Å². The van der Waals surface area contributed by atoms with E-state index in [1.54, 1.807) is 6.07 Å². The molecule has 0 aromatic heterocycles. The fourth-order valence-electron chi connectivity index (χ4n) is 2.34. The molecular formula is C14H18FNO2. The van der Waals surface area contributed by atoms with Gasteiger partial charge in [0.15, 0.2) is 0 Å². The Morgan fingerprint density at radius 2 is 2.39 bits per heavy atom. The Kier molecular flexibility index (Phi) is 4.31. The molecule has 0 amide bonds. The second-order valence-corrected chi connectivity index (χ2v) is 4.64. The Morgan fingerprint density at radius 1 is 1.56 bits per heavy atom. The van der Waals surface area contributed by atoms with Gasteiger partial charge in [-0.3, -0.25) is 4.79 Å². The number of rotatable bonds is 4. The minimum absolute atomic E-state index is 0.0479. The first-order chi connectivity index (χ1) is 8.70. The highest BCUT2D eigenvalue weighted by Crippen LogP contribution is 2.22. The molecule has 0 radical (unpaired) electrons. The topological polar surface area (TPSA) is 38.3 Å². The maximum Gasteiger partial charge on any atom is 0.141 e. The Hall–Kier alpha value is -1.42. The molecule has 1 aromatic rings. The Morgan fingerprint density at radius 3 is 3.06 bits per heavy atom. The van der Waals surface area contributed by atoms with E-state index in [0.29, 0.717) is 11.3 Å². The molecule has 1 unspecified atom stereocenters. The van der Waals surface area contributed by atoms with Crippen molar-refractivity contribution in [2.75, 3.05) is 20.2 Å². The van der Waals surface area contributed by atoms with Crippen molar-refractivity contribution in [2.24, 2.45) is 5.92 Å². The molecule has 0 aliphatic carbocycles. The van der Waals surface area contributed by atoms with Gasteiger partial charge in [-0.25, -0.2) is 4.39 Å². The lowest BCUT2D eigenvalue weighted by atomic mass is 9.91. The summed E-state index contributed by atoms with van der Waals surface area (Å²) in [5.41, 5.74) is 0.632. The minimum atomic E-state index is -0.333. The second kappa shape index (κ2) is 5.96. The number of halogens is 1. The first kappa shape index (κ1) is 13.0. The maximum absolute atomic E-state index is 13.2. The molecule has 1 heterocycles. The van der Waals surface area contributed by atoms with Crippen LogP contribution in [0.15, 0.2) is 18.2 Å². The SMILES string of the molecule is COc1ccc(F)cc1CC(=O)C1CCCNC1. The molecule has 0 saturated carbocycles. The zero-order chi connectivity index (χ0) is 13.0. The van der Waals surface area contributed by atoms with Crippen molar-refractivity contribution < 1.29 is 13.9 Å². The zero-order valence-corrected chi connectivity index (χ0v) is 10.5. The highest BCUT2D eigenvalue weighted by atomic mass is 19.1. The van der Waals surface area contributed by atoms with E-state index in [0.717, 1.165) is 25.9 Å². The van der Waals surface area contributed by atoms with Crippen molar-refractivity contribution in [3.05, 3.63) is 29.6 Å². The molecule has 1 aliphatic rings. The van der Waals surface area contributed by atoms with E-state index in [4.69, 9.17) is 4.74 Å². The summed E-state index contributed by atoms with van der Waals surface area (Å²) in [4.78, 5) is 12.1. The molecule has 3 nitrogen and oxygen atoms in total. The van der Waals surface area contributed by atoms with Gasteiger partial charge in [-0.1, -0.05) is 0 Å². The van der Waals surface area contributed by atoms with Gasteiger partial charge in [0.1, 0.15) is 17.3 Å². The van der Waals surface area contributed by atoms with Gasteiger partial charge in [0.25, 0.3) is 0 Å². The quantitative estimate of drug-likeness (QED) is 0.888. The van der Waals surface area contributed by atoms with Crippen LogP contribution in [0, 0.1) is 11.7 Å². The summed E-state index contributed by atoms with van der Waals surface area (Å²) in [5.74, 6) is 0.451. The Bertz CT molecular complexity index is 428. The predicted octanol–water partition coefficient (Wildman–Crippen LogP) is 1.95. The third kappa shape index (κ3) is 3.07. The lowest BCUT2D eigenvalue weighted by Crippen LogP contribution is -2.35. The molecule has 1 saturated heterocycles. The van der Waals surface area contributed by atoms with Crippen molar-refractivity contribution in [1.82, 2.24) is 5.32 Å². The van der Waals surface area contributed by atoms with Crippen molar-refractivity contribution in [3.8, 4) is 5.75 Å². The minimum Gasteiger partial charge on any atom is -0.496 e. The van der Waals surface area contributed by atoms with Gasteiger partial charge in [-0.15, -0.1) is 0 Å². The molecule has 4 heteroatoms. The molecule has 0 spiro atoms. The number of methoxy groups -OCH3 is 1. The van der Waals surface area contributed by atoms with E-state index in [2.05, 4.69) is 5.32 Å². The number of ketones is 1. The van der Waals surface area contributed by atoms with Crippen LogP contribution in [0.3, 0.4) is 0 Å². The molecule has 0 bridgehead atoms. The van der Waals surface area contributed by atoms with Crippen LogP contribution in [-0.4, -0.2) is 26.0 Å². The van der Waals surface area contributed by atoms with E-state index >= 15 is 0 Å². The summed E-state index contributed by atoms with van der Waals surface area (Å²) < 4.78 is 18.4. The Balaban J connectivity index is 2.07. The van der Waals surface area contributed by atoms with Gasteiger partial charge >= 0.3 is 0 Å². The number of carbonyl (C=O) groups excluding carboxylic acids is 1. The van der Waals surface area contributed by atoms with Crippen LogP contribution < -0.4 is 10.1 Å².